The van der Waals surface area contributed by atoms with Gasteiger partial charge in [0.05, 0.1) is 5.41 Å². The summed E-state index contributed by atoms with van der Waals surface area (Å²) in [7, 11) is -2.44. The lowest BCUT2D eigenvalue weighted by Gasteiger charge is -2.19. The normalized spacial score (nSPS) is 12.7. The molecular formula is C8H13BrN4O4S. The summed E-state index contributed by atoms with van der Waals surface area (Å²) in [5, 5.41) is 15.9. The van der Waals surface area contributed by atoms with Gasteiger partial charge < -0.3 is 5.11 Å². The third kappa shape index (κ3) is 3.06. The van der Waals surface area contributed by atoms with E-state index >= 15 is 0 Å². The van der Waals surface area contributed by atoms with Crippen molar-refractivity contribution in [3.05, 3.63) is 4.60 Å². The van der Waals surface area contributed by atoms with Crippen LogP contribution in [0, 0.1) is 5.41 Å². The Morgan fingerprint density at radius 2 is 2.11 bits per heavy atom. The number of rotatable bonds is 5. The number of aliphatic carboxylic acids is 1. The molecule has 18 heavy (non-hydrogen) atoms. The largest absolute Gasteiger partial charge is 0.481 e. The molecule has 2 N–H and O–H groups in total. The van der Waals surface area contributed by atoms with Crippen LogP contribution in [0.15, 0.2) is 9.63 Å². The Bertz CT molecular complexity index is 546. The minimum absolute atomic E-state index is 0.0747. The topological polar surface area (TPSA) is 114 Å². The first-order chi connectivity index (χ1) is 8.08. The minimum atomic E-state index is -3.87. The van der Waals surface area contributed by atoms with Gasteiger partial charge in [0.2, 0.25) is 5.03 Å². The molecule has 0 unspecified atom stereocenters. The molecular weight excluding hydrogens is 328 g/mol. The van der Waals surface area contributed by atoms with Gasteiger partial charge in [0, 0.05) is 13.6 Å². The number of halogens is 1. The molecule has 0 aliphatic heterocycles. The number of hydrogen-bond donors (Lipinski definition) is 2. The Hall–Kier alpha value is -1.00. The van der Waals surface area contributed by atoms with E-state index < -0.39 is 21.4 Å². The van der Waals surface area contributed by atoms with E-state index in [0.717, 1.165) is 4.68 Å². The molecule has 0 aliphatic carbocycles. The molecule has 0 spiro atoms. The molecule has 8 nitrogen and oxygen atoms in total. The van der Waals surface area contributed by atoms with Crippen LogP contribution in [0.3, 0.4) is 0 Å². The molecule has 1 aromatic heterocycles. The van der Waals surface area contributed by atoms with E-state index in [1.807, 2.05) is 0 Å². The number of aromatic nitrogens is 3. The highest BCUT2D eigenvalue weighted by Crippen LogP contribution is 2.19. The second-order valence-corrected chi connectivity index (χ2v) is 6.76. The fraction of sp³-hybridized carbons (Fsp3) is 0.625. The molecule has 0 radical (unpaired) electrons. The number of nitrogens with one attached hydrogen (secondary N) is 1. The molecule has 1 aromatic rings. The molecule has 0 saturated heterocycles. The van der Waals surface area contributed by atoms with Crippen molar-refractivity contribution >= 4 is 31.9 Å². The third-order valence-corrected chi connectivity index (χ3v) is 4.56. The van der Waals surface area contributed by atoms with Gasteiger partial charge in [-0.2, -0.15) is 0 Å². The van der Waals surface area contributed by atoms with Crippen molar-refractivity contribution in [2.75, 3.05) is 6.54 Å². The lowest BCUT2D eigenvalue weighted by atomic mass is 9.95. The van der Waals surface area contributed by atoms with Gasteiger partial charge in [-0.05, 0) is 29.8 Å². The van der Waals surface area contributed by atoms with Gasteiger partial charge in [0.25, 0.3) is 10.0 Å². The molecule has 0 fully saturated rings. The van der Waals surface area contributed by atoms with E-state index in [1.165, 1.54) is 20.9 Å². The van der Waals surface area contributed by atoms with Crippen LogP contribution in [0.25, 0.3) is 0 Å². The molecule has 102 valence electrons. The molecule has 0 bridgehead atoms. The highest BCUT2D eigenvalue weighted by Gasteiger charge is 2.31. The summed E-state index contributed by atoms with van der Waals surface area (Å²) in [5.41, 5.74) is -1.20. The van der Waals surface area contributed by atoms with Crippen molar-refractivity contribution in [2.24, 2.45) is 12.5 Å². The van der Waals surface area contributed by atoms with Crippen molar-refractivity contribution in [1.29, 1.82) is 0 Å². The van der Waals surface area contributed by atoms with Crippen LogP contribution < -0.4 is 4.72 Å². The van der Waals surface area contributed by atoms with Crippen molar-refractivity contribution in [1.82, 2.24) is 19.7 Å². The highest BCUT2D eigenvalue weighted by atomic mass is 79.9. The Kier molecular flexibility index (Phi) is 4.13. The summed E-state index contributed by atoms with van der Waals surface area (Å²) in [6, 6.07) is 0. The van der Waals surface area contributed by atoms with Crippen LogP contribution in [0.2, 0.25) is 0 Å². The Morgan fingerprint density at radius 1 is 1.56 bits per heavy atom. The van der Waals surface area contributed by atoms with Gasteiger partial charge in [-0.15, -0.1) is 5.10 Å². The highest BCUT2D eigenvalue weighted by molar-refractivity contribution is 9.10. The van der Waals surface area contributed by atoms with Crippen molar-refractivity contribution in [3.8, 4) is 0 Å². The maximum absolute atomic E-state index is 12.0. The zero-order valence-corrected chi connectivity index (χ0v) is 12.4. The smallest absolute Gasteiger partial charge is 0.310 e. The second-order valence-electron chi connectivity index (χ2n) is 4.32. The summed E-state index contributed by atoms with van der Waals surface area (Å²) >= 11 is 2.97. The van der Waals surface area contributed by atoms with Gasteiger partial charge in [0.1, 0.15) is 0 Å². The molecule has 1 rings (SSSR count). The first kappa shape index (κ1) is 15.1. The van der Waals surface area contributed by atoms with E-state index in [-0.39, 0.29) is 16.2 Å². The van der Waals surface area contributed by atoms with Crippen molar-refractivity contribution in [2.45, 2.75) is 18.9 Å². The number of sulfonamides is 1. The molecule has 1 heterocycles. The molecule has 0 amide bonds. The van der Waals surface area contributed by atoms with Gasteiger partial charge in [-0.3, -0.25) is 4.79 Å². The zero-order chi connectivity index (χ0) is 14.1. The number of hydrogen-bond acceptors (Lipinski definition) is 5. The SMILES string of the molecule is Cn1nnc(Br)c1S(=O)(=O)NCC(C)(C)C(=O)O. The number of nitrogens with zero attached hydrogens (tertiary/aromatic N) is 3. The standard InChI is InChI=1S/C8H13BrN4O4S/c1-8(2,7(14)15)4-10-18(16,17)6-5(9)11-12-13(6)3/h10H,4H2,1-3H3,(H,14,15). The summed E-state index contributed by atoms with van der Waals surface area (Å²) in [6.07, 6.45) is 0. The van der Waals surface area contributed by atoms with Crippen molar-refractivity contribution < 1.29 is 18.3 Å². The molecule has 0 atom stereocenters. The van der Waals surface area contributed by atoms with Crippen LogP contribution in [-0.4, -0.2) is 41.0 Å². The van der Waals surface area contributed by atoms with E-state index in [2.05, 4.69) is 31.0 Å². The number of aryl methyl sites for hydroxylation is 1. The summed E-state index contributed by atoms with van der Waals surface area (Å²) in [5.74, 6) is -1.09. The van der Waals surface area contributed by atoms with Crippen LogP contribution in [-0.2, 0) is 21.9 Å². The van der Waals surface area contributed by atoms with Crippen LogP contribution in [0.5, 0.6) is 0 Å². The Labute approximate surface area is 113 Å². The maximum atomic E-state index is 12.0. The monoisotopic (exact) mass is 340 g/mol. The van der Waals surface area contributed by atoms with Crippen molar-refractivity contribution in [3.63, 3.8) is 0 Å². The predicted molar refractivity (Wildman–Crippen MR) is 65.3 cm³/mol. The number of carboxylic acid groups (broad SMARTS) is 1. The molecule has 10 heteroatoms. The average Bonchev–Trinajstić information content (AvgIpc) is 2.56. The van der Waals surface area contributed by atoms with Gasteiger partial charge in [-0.1, -0.05) is 5.21 Å². The van der Waals surface area contributed by atoms with E-state index in [4.69, 9.17) is 5.11 Å². The predicted octanol–water partition coefficient (Wildman–Crippen LogP) is -0.0333. The van der Waals surface area contributed by atoms with E-state index in [0.29, 0.717) is 0 Å². The molecule has 0 aliphatic rings. The maximum Gasteiger partial charge on any atom is 0.310 e. The zero-order valence-electron chi connectivity index (χ0n) is 10.0. The molecule has 0 saturated carbocycles. The quantitative estimate of drug-likeness (QED) is 0.777. The first-order valence-electron chi connectivity index (χ1n) is 4.86. The van der Waals surface area contributed by atoms with Crippen LogP contribution >= 0.6 is 15.9 Å². The minimum Gasteiger partial charge on any atom is -0.481 e. The fourth-order valence-electron chi connectivity index (χ4n) is 1.03. The van der Waals surface area contributed by atoms with E-state index in [1.54, 1.807) is 0 Å². The molecule has 0 aromatic carbocycles. The second kappa shape index (κ2) is 4.94. The third-order valence-electron chi connectivity index (χ3n) is 2.27. The van der Waals surface area contributed by atoms with Gasteiger partial charge in [0.15, 0.2) is 4.60 Å². The van der Waals surface area contributed by atoms with Crippen LogP contribution in [0.4, 0.5) is 0 Å². The first-order valence-corrected chi connectivity index (χ1v) is 7.14. The summed E-state index contributed by atoms with van der Waals surface area (Å²) in [4.78, 5) is 10.9. The van der Waals surface area contributed by atoms with Gasteiger partial charge >= 0.3 is 5.97 Å². The number of carboxylic acids is 1. The number of carbonyl (C=O) groups is 1. The average molecular weight is 341 g/mol. The fourth-order valence-corrected chi connectivity index (χ4v) is 3.33. The van der Waals surface area contributed by atoms with E-state index in [9.17, 15) is 13.2 Å². The Balaban J connectivity index is 2.95. The van der Waals surface area contributed by atoms with Gasteiger partial charge in [-0.25, -0.2) is 17.8 Å². The summed E-state index contributed by atoms with van der Waals surface area (Å²) < 4.78 is 27.3. The lowest BCUT2D eigenvalue weighted by Crippen LogP contribution is -2.39. The lowest BCUT2D eigenvalue weighted by molar-refractivity contribution is -0.146. The summed E-state index contributed by atoms with van der Waals surface area (Å²) in [6.45, 7) is 2.62. The van der Waals surface area contributed by atoms with Crippen LogP contribution in [0.1, 0.15) is 13.8 Å². The Morgan fingerprint density at radius 3 is 2.50 bits per heavy atom.